The van der Waals surface area contributed by atoms with Gasteiger partial charge in [0.15, 0.2) is 0 Å². The molecule has 5 nitrogen and oxygen atoms in total. The highest BCUT2D eigenvalue weighted by Gasteiger charge is 2.39. The molecule has 1 aliphatic heterocycles. The zero-order chi connectivity index (χ0) is 24.6. The average Bonchev–Trinajstić information content (AvgIpc) is 3.27. The first-order chi connectivity index (χ1) is 16.0. The fourth-order valence-corrected chi connectivity index (χ4v) is 4.64. The fraction of sp³-hybridized carbons (Fsp3) is 0.308. The molecule has 34 heavy (non-hydrogen) atoms. The number of carboxylic acid groups (broad SMARTS) is 1. The van der Waals surface area contributed by atoms with Gasteiger partial charge >= 0.3 is 5.97 Å². The van der Waals surface area contributed by atoms with Crippen molar-refractivity contribution in [1.29, 1.82) is 0 Å². The predicted octanol–water partition coefficient (Wildman–Crippen LogP) is 5.54. The standard InChI is InChI=1S/C26H26F3N3O2/c1-15-8-18-11-17(19-12-30-31-13-19)5-6-20(18)25(32(15)14-26(2,3)29)24-21(27)9-16(10-22(24)28)4-7-23(33)34/h4-7,9-13,15,25H,8,14H2,1-3H3,(H,30,31)(H,33,34)/b7-4+/t15-,25+/m0/s1. The van der Waals surface area contributed by atoms with Gasteiger partial charge in [-0.1, -0.05) is 18.2 Å². The molecule has 178 valence electrons. The molecule has 0 aliphatic carbocycles. The van der Waals surface area contributed by atoms with Gasteiger partial charge in [-0.2, -0.15) is 5.10 Å². The van der Waals surface area contributed by atoms with Crippen LogP contribution in [-0.2, 0) is 11.2 Å². The second-order valence-corrected chi connectivity index (χ2v) is 9.32. The number of nitrogens with one attached hydrogen (secondary N) is 1. The van der Waals surface area contributed by atoms with Crippen molar-refractivity contribution in [2.24, 2.45) is 0 Å². The fourth-order valence-electron chi connectivity index (χ4n) is 4.64. The van der Waals surface area contributed by atoms with E-state index in [-0.39, 0.29) is 23.7 Å². The van der Waals surface area contributed by atoms with Crippen LogP contribution in [0.3, 0.4) is 0 Å². The van der Waals surface area contributed by atoms with Crippen molar-refractivity contribution in [2.45, 2.75) is 44.9 Å². The Morgan fingerprint density at radius 3 is 2.53 bits per heavy atom. The van der Waals surface area contributed by atoms with Gasteiger partial charge < -0.3 is 5.11 Å². The lowest BCUT2D eigenvalue weighted by molar-refractivity contribution is -0.131. The van der Waals surface area contributed by atoms with E-state index in [4.69, 9.17) is 5.11 Å². The molecule has 0 spiro atoms. The zero-order valence-corrected chi connectivity index (χ0v) is 19.1. The Kier molecular flexibility index (Phi) is 6.36. The molecule has 0 saturated carbocycles. The van der Waals surface area contributed by atoms with Gasteiger partial charge in [-0.05, 0) is 67.7 Å². The van der Waals surface area contributed by atoms with E-state index >= 15 is 8.78 Å². The number of benzene rings is 2. The smallest absolute Gasteiger partial charge is 0.328 e. The molecule has 3 aromatic rings. The van der Waals surface area contributed by atoms with E-state index in [1.807, 2.05) is 25.1 Å². The summed E-state index contributed by atoms with van der Waals surface area (Å²) in [5.41, 5.74) is 1.79. The highest BCUT2D eigenvalue weighted by molar-refractivity contribution is 5.85. The van der Waals surface area contributed by atoms with Crippen LogP contribution in [0, 0.1) is 11.6 Å². The quantitative estimate of drug-likeness (QED) is 0.466. The number of fused-ring (bicyclic) bond motifs is 1. The molecule has 8 heteroatoms. The minimum atomic E-state index is -1.59. The third kappa shape index (κ3) is 4.92. The van der Waals surface area contributed by atoms with E-state index in [1.165, 1.54) is 13.8 Å². The normalized spacial score (nSPS) is 18.9. The van der Waals surface area contributed by atoms with Crippen LogP contribution in [0.2, 0.25) is 0 Å². The average molecular weight is 470 g/mol. The zero-order valence-electron chi connectivity index (χ0n) is 19.1. The van der Waals surface area contributed by atoms with Gasteiger partial charge in [0.05, 0.1) is 12.2 Å². The van der Waals surface area contributed by atoms with E-state index in [0.29, 0.717) is 12.0 Å². The third-order valence-corrected chi connectivity index (χ3v) is 6.03. The first kappa shape index (κ1) is 23.8. The van der Waals surface area contributed by atoms with Crippen molar-refractivity contribution >= 4 is 12.0 Å². The van der Waals surface area contributed by atoms with Crippen molar-refractivity contribution in [3.8, 4) is 11.1 Å². The number of carboxylic acids is 1. The number of aliphatic carboxylic acids is 1. The molecule has 2 aromatic carbocycles. The highest BCUT2D eigenvalue weighted by atomic mass is 19.1. The summed E-state index contributed by atoms with van der Waals surface area (Å²) < 4.78 is 45.6. The van der Waals surface area contributed by atoms with Crippen molar-refractivity contribution in [3.63, 3.8) is 0 Å². The molecule has 2 heterocycles. The van der Waals surface area contributed by atoms with E-state index < -0.39 is 29.3 Å². The molecule has 4 rings (SSSR count). The number of halogens is 3. The number of hydrogen-bond donors (Lipinski definition) is 2. The summed E-state index contributed by atoms with van der Waals surface area (Å²) in [6, 6.07) is 6.88. The van der Waals surface area contributed by atoms with Crippen LogP contribution in [-0.4, -0.2) is 44.4 Å². The number of hydrogen-bond acceptors (Lipinski definition) is 3. The molecular weight excluding hydrogens is 443 g/mol. The Morgan fingerprint density at radius 2 is 1.94 bits per heavy atom. The molecular formula is C26H26F3N3O2. The molecule has 2 atom stereocenters. The number of H-pyrrole nitrogens is 1. The lowest BCUT2D eigenvalue weighted by atomic mass is 9.82. The Balaban J connectivity index is 1.86. The van der Waals surface area contributed by atoms with Gasteiger partial charge in [-0.3, -0.25) is 10.00 Å². The monoisotopic (exact) mass is 469 g/mol. The Labute approximate surface area is 195 Å². The van der Waals surface area contributed by atoms with Crippen LogP contribution >= 0.6 is 0 Å². The predicted molar refractivity (Wildman–Crippen MR) is 124 cm³/mol. The summed E-state index contributed by atoms with van der Waals surface area (Å²) >= 11 is 0. The number of aromatic amines is 1. The summed E-state index contributed by atoms with van der Waals surface area (Å²) in [5.74, 6) is -2.84. The number of rotatable bonds is 6. The van der Waals surface area contributed by atoms with Crippen LogP contribution in [0.25, 0.3) is 17.2 Å². The summed E-state index contributed by atoms with van der Waals surface area (Å²) in [4.78, 5) is 12.6. The number of alkyl halides is 1. The number of aromatic nitrogens is 2. The molecule has 0 fully saturated rings. The van der Waals surface area contributed by atoms with Crippen LogP contribution in [0.15, 0.2) is 48.8 Å². The van der Waals surface area contributed by atoms with Gasteiger partial charge in [0.1, 0.15) is 17.3 Å². The number of carbonyl (C=O) groups is 1. The first-order valence-corrected chi connectivity index (χ1v) is 11.0. The Morgan fingerprint density at radius 1 is 1.24 bits per heavy atom. The lowest BCUT2D eigenvalue weighted by Crippen LogP contribution is -2.48. The largest absolute Gasteiger partial charge is 0.478 e. The maximum absolute atomic E-state index is 15.4. The molecule has 2 N–H and O–H groups in total. The molecule has 0 saturated heterocycles. The lowest BCUT2D eigenvalue weighted by Gasteiger charge is -2.44. The molecule has 0 amide bonds. The van der Waals surface area contributed by atoms with Gasteiger partial charge in [0, 0.05) is 36.0 Å². The molecule has 1 aromatic heterocycles. The van der Waals surface area contributed by atoms with E-state index in [2.05, 4.69) is 10.2 Å². The SMILES string of the molecule is C[C@H]1Cc2cc(-c3cn[nH]c3)ccc2[C@H](c2c(F)cc(/C=C/C(=O)O)cc2F)N1CC(C)(C)F. The second-order valence-electron chi connectivity index (χ2n) is 9.32. The van der Waals surface area contributed by atoms with Gasteiger partial charge in [-0.15, -0.1) is 0 Å². The van der Waals surface area contributed by atoms with Gasteiger partial charge in [0.2, 0.25) is 0 Å². The molecule has 0 unspecified atom stereocenters. The van der Waals surface area contributed by atoms with E-state index in [1.54, 1.807) is 17.3 Å². The van der Waals surface area contributed by atoms with Crippen molar-refractivity contribution < 1.29 is 23.1 Å². The molecule has 0 bridgehead atoms. The molecule has 1 aliphatic rings. The van der Waals surface area contributed by atoms with Gasteiger partial charge in [0.25, 0.3) is 0 Å². The Bertz CT molecular complexity index is 1210. The number of nitrogens with zero attached hydrogens (tertiary/aromatic N) is 2. The van der Waals surface area contributed by atoms with E-state index in [9.17, 15) is 9.18 Å². The van der Waals surface area contributed by atoms with Crippen molar-refractivity contribution in [3.05, 3.63) is 82.7 Å². The van der Waals surface area contributed by atoms with Crippen LogP contribution in [0.4, 0.5) is 13.2 Å². The van der Waals surface area contributed by atoms with Crippen molar-refractivity contribution in [2.75, 3.05) is 6.54 Å². The minimum absolute atomic E-state index is 0.0126. The maximum Gasteiger partial charge on any atom is 0.328 e. The summed E-state index contributed by atoms with van der Waals surface area (Å²) in [6.07, 6.45) is 6.02. The summed E-state index contributed by atoms with van der Waals surface area (Å²) in [5, 5.41) is 15.6. The van der Waals surface area contributed by atoms with Gasteiger partial charge in [-0.25, -0.2) is 18.0 Å². The second kappa shape index (κ2) is 9.10. The topological polar surface area (TPSA) is 69.2 Å². The van der Waals surface area contributed by atoms with E-state index in [0.717, 1.165) is 41.0 Å². The Hall–Kier alpha value is -3.39. The minimum Gasteiger partial charge on any atom is -0.478 e. The summed E-state index contributed by atoms with van der Waals surface area (Å²) in [6.45, 7) is 4.80. The first-order valence-electron chi connectivity index (χ1n) is 11.0. The highest BCUT2D eigenvalue weighted by Crippen LogP contribution is 2.42. The van der Waals surface area contributed by atoms with Crippen molar-refractivity contribution in [1.82, 2.24) is 15.1 Å². The summed E-state index contributed by atoms with van der Waals surface area (Å²) in [7, 11) is 0. The maximum atomic E-state index is 15.4. The third-order valence-electron chi connectivity index (χ3n) is 6.03. The molecule has 0 radical (unpaired) electrons. The van der Waals surface area contributed by atoms with Crippen LogP contribution in [0.1, 0.15) is 49.1 Å². The van der Waals surface area contributed by atoms with Crippen LogP contribution < -0.4 is 0 Å². The van der Waals surface area contributed by atoms with Crippen LogP contribution in [0.5, 0.6) is 0 Å².